The molecule has 6 nitrogen and oxygen atoms in total. The molecule has 162 valence electrons. The summed E-state index contributed by atoms with van der Waals surface area (Å²) in [4.78, 5) is 26.8. The molecular weight excluding hydrogens is 480 g/mol. The first-order chi connectivity index (χ1) is 14.6. The second-order valence-corrected chi connectivity index (χ2v) is 9.53. The molecule has 0 fully saturated rings. The Hall–Kier alpha value is -2.64. The maximum absolute atomic E-state index is 12.8. The van der Waals surface area contributed by atoms with Crippen molar-refractivity contribution in [3.8, 4) is 5.69 Å². The molecule has 0 radical (unpaired) electrons. The van der Waals surface area contributed by atoms with Crippen molar-refractivity contribution < 1.29 is 9.59 Å². The first-order valence-electron chi connectivity index (χ1n) is 9.72. The summed E-state index contributed by atoms with van der Waals surface area (Å²) in [6.45, 7) is 6.06. The largest absolute Gasteiger partial charge is 0.332 e. The number of anilines is 1. The van der Waals surface area contributed by atoms with E-state index in [0.717, 1.165) is 11.4 Å². The van der Waals surface area contributed by atoms with E-state index < -0.39 is 0 Å². The summed E-state index contributed by atoms with van der Waals surface area (Å²) in [5, 5.41) is 8.19. The highest BCUT2D eigenvalue weighted by Crippen LogP contribution is 2.27. The Labute approximate surface area is 195 Å². The van der Waals surface area contributed by atoms with Gasteiger partial charge in [0.15, 0.2) is 0 Å². The lowest BCUT2D eigenvalue weighted by Crippen LogP contribution is -2.35. The zero-order valence-electron chi connectivity index (χ0n) is 17.8. The van der Waals surface area contributed by atoms with Crippen molar-refractivity contribution in [2.24, 2.45) is 0 Å². The molecule has 1 heterocycles. The molecule has 0 saturated heterocycles. The highest BCUT2D eigenvalue weighted by molar-refractivity contribution is 9.10. The summed E-state index contributed by atoms with van der Waals surface area (Å²) >= 11 is 9.39. The second kappa shape index (κ2) is 9.24. The van der Waals surface area contributed by atoms with Gasteiger partial charge in [-0.25, -0.2) is 4.68 Å². The molecule has 0 saturated carbocycles. The molecular formula is C23H24BrClN4O2. The molecule has 3 aromatic rings. The summed E-state index contributed by atoms with van der Waals surface area (Å²) in [7, 11) is 1.60. The van der Waals surface area contributed by atoms with Gasteiger partial charge >= 0.3 is 0 Å². The molecule has 0 unspecified atom stereocenters. The Balaban J connectivity index is 1.81. The Morgan fingerprint density at radius 3 is 2.39 bits per heavy atom. The molecule has 1 N–H and O–H groups in total. The summed E-state index contributed by atoms with van der Waals surface area (Å²) in [5.74, 6) is -0.0401. The van der Waals surface area contributed by atoms with Gasteiger partial charge in [-0.3, -0.25) is 9.59 Å². The number of hydrogen-bond donors (Lipinski definition) is 1. The van der Waals surface area contributed by atoms with Crippen LogP contribution in [0.1, 0.15) is 36.8 Å². The lowest BCUT2D eigenvalue weighted by molar-refractivity contribution is -0.116. The third kappa shape index (κ3) is 5.54. The highest BCUT2D eigenvalue weighted by atomic mass is 79.9. The average Bonchev–Trinajstić information content (AvgIpc) is 3.12. The minimum absolute atomic E-state index is 0.100. The van der Waals surface area contributed by atoms with E-state index in [2.05, 4.69) is 47.1 Å². The quantitative estimate of drug-likeness (QED) is 0.514. The van der Waals surface area contributed by atoms with Crippen LogP contribution in [0.3, 0.4) is 0 Å². The lowest BCUT2D eigenvalue weighted by Gasteiger charge is -2.18. The standard InChI is InChI=1S/C23H24BrClN4O2/c1-23(2,3)19-13-20(29(27-19)16-11-9-15(25)10-12-16)26-21(30)14-28(4)22(31)17-7-5-6-8-18(17)24/h5-13H,14H2,1-4H3,(H,26,30). The molecule has 0 aliphatic rings. The van der Waals surface area contributed by atoms with E-state index in [-0.39, 0.29) is 23.8 Å². The zero-order valence-corrected chi connectivity index (χ0v) is 20.2. The number of halogens is 2. The van der Waals surface area contributed by atoms with Crippen LogP contribution in [-0.2, 0) is 10.2 Å². The van der Waals surface area contributed by atoms with E-state index in [4.69, 9.17) is 11.6 Å². The average molecular weight is 504 g/mol. The molecule has 2 aromatic carbocycles. The molecule has 8 heteroatoms. The van der Waals surface area contributed by atoms with E-state index in [1.165, 1.54) is 4.90 Å². The molecule has 1 aromatic heterocycles. The molecule has 2 amide bonds. The minimum atomic E-state index is -0.321. The SMILES string of the molecule is CN(CC(=O)Nc1cc(C(C)(C)C)nn1-c1ccc(Cl)cc1)C(=O)c1ccccc1Br. The van der Waals surface area contributed by atoms with Gasteiger partial charge < -0.3 is 10.2 Å². The van der Waals surface area contributed by atoms with E-state index in [1.807, 2.05) is 24.3 Å². The Kier molecular flexibility index (Phi) is 6.86. The number of hydrogen-bond acceptors (Lipinski definition) is 3. The Morgan fingerprint density at radius 2 is 1.77 bits per heavy atom. The van der Waals surface area contributed by atoms with E-state index in [9.17, 15) is 9.59 Å². The molecule has 3 rings (SSSR count). The fourth-order valence-electron chi connectivity index (χ4n) is 2.93. The van der Waals surface area contributed by atoms with Gasteiger partial charge in [-0.15, -0.1) is 0 Å². The molecule has 0 atom stereocenters. The van der Waals surface area contributed by atoms with Gasteiger partial charge in [-0.2, -0.15) is 5.10 Å². The highest BCUT2D eigenvalue weighted by Gasteiger charge is 2.23. The van der Waals surface area contributed by atoms with Crippen molar-refractivity contribution in [2.45, 2.75) is 26.2 Å². The lowest BCUT2D eigenvalue weighted by atomic mass is 9.92. The van der Waals surface area contributed by atoms with E-state index in [1.54, 1.807) is 42.1 Å². The predicted molar refractivity (Wildman–Crippen MR) is 127 cm³/mol. The van der Waals surface area contributed by atoms with Crippen molar-refractivity contribution in [1.82, 2.24) is 14.7 Å². The van der Waals surface area contributed by atoms with Gasteiger partial charge in [0, 0.05) is 28.0 Å². The van der Waals surface area contributed by atoms with Gasteiger partial charge in [0.25, 0.3) is 5.91 Å². The second-order valence-electron chi connectivity index (χ2n) is 8.24. The van der Waals surface area contributed by atoms with Crippen LogP contribution >= 0.6 is 27.5 Å². The predicted octanol–water partition coefficient (Wildman–Crippen LogP) is 5.30. The number of carbonyl (C=O) groups excluding carboxylic acids is 2. The number of nitrogens with zero attached hydrogens (tertiary/aromatic N) is 3. The topological polar surface area (TPSA) is 67.2 Å². The van der Waals surface area contributed by atoms with Gasteiger partial charge in [0.2, 0.25) is 5.91 Å². The van der Waals surface area contributed by atoms with Crippen LogP contribution in [0.5, 0.6) is 0 Å². The van der Waals surface area contributed by atoms with Crippen molar-refractivity contribution in [2.75, 3.05) is 18.9 Å². The van der Waals surface area contributed by atoms with E-state index >= 15 is 0 Å². The van der Waals surface area contributed by atoms with Crippen LogP contribution < -0.4 is 5.32 Å². The molecule has 0 aliphatic heterocycles. The van der Waals surface area contributed by atoms with Crippen LogP contribution in [0.25, 0.3) is 5.69 Å². The summed E-state index contributed by atoms with van der Waals surface area (Å²) in [5.41, 5.74) is 1.89. The van der Waals surface area contributed by atoms with Crippen LogP contribution in [0.4, 0.5) is 5.82 Å². The summed E-state index contributed by atoms with van der Waals surface area (Å²) < 4.78 is 2.35. The normalized spacial score (nSPS) is 11.3. The number of benzene rings is 2. The Morgan fingerprint density at radius 1 is 1.13 bits per heavy atom. The van der Waals surface area contributed by atoms with Crippen molar-refractivity contribution >= 4 is 45.2 Å². The number of aromatic nitrogens is 2. The fraction of sp³-hybridized carbons (Fsp3) is 0.261. The van der Waals surface area contributed by atoms with Crippen LogP contribution in [0.2, 0.25) is 5.02 Å². The molecule has 0 aliphatic carbocycles. The van der Waals surface area contributed by atoms with Gasteiger partial charge in [0.1, 0.15) is 5.82 Å². The molecule has 31 heavy (non-hydrogen) atoms. The van der Waals surface area contributed by atoms with E-state index in [0.29, 0.717) is 20.9 Å². The maximum Gasteiger partial charge on any atom is 0.255 e. The van der Waals surface area contributed by atoms with Crippen molar-refractivity contribution in [1.29, 1.82) is 0 Å². The van der Waals surface area contributed by atoms with Crippen LogP contribution in [0, 0.1) is 0 Å². The number of nitrogens with one attached hydrogen (secondary N) is 1. The molecule has 0 bridgehead atoms. The third-order valence-electron chi connectivity index (χ3n) is 4.65. The van der Waals surface area contributed by atoms with Crippen molar-refractivity contribution in [3.05, 3.63) is 75.4 Å². The first kappa shape index (κ1) is 23.0. The Bertz CT molecular complexity index is 1100. The van der Waals surface area contributed by atoms with Gasteiger partial charge in [-0.1, -0.05) is 44.5 Å². The van der Waals surface area contributed by atoms with Crippen molar-refractivity contribution in [3.63, 3.8) is 0 Å². The fourth-order valence-corrected chi connectivity index (χ4v) is 3.51. The van der Waals surface area contributed by atoms with Gasteiger partial charge in [-0.05, 0) is 52.3 Å². The van der Waals surface area contributed by atoms with Gasteiger partial charge in [0.05, 0.1) is 23.5 Å². The maximum atomic E-state index is 12.8. The number of carbonyl (C=O) groups is 2. The summed E-state index contributed by atoms with van der Waals surface area (Å²) in [6.07, 6.45) is 0. The first-order valence-corrected chi connectivity index (χ1v) is 10.9. The summed E-state index contributed by atoms with van der Waals surface area (Å²) in [6, 6.07) is 16.2. The monoisotopic (exact) mass is 502 g/mol. The zero-order chi connectivity index (χ0) is 22.8. The third-order valence-corrected chi connectivity index (χ3v) is 5.59. The minimum Gasteiger partial charge on any atom is -0.332 e. The molecule has 0 spiro atoms. The van der Waals surface area contributed by atoms with Crippen LogP contribution in [-0.4, -0.2) is 40.1 Å². The number of rotatable bonds is 5. The number of amides is 2. The van der Waals surface area contributed by atoms with Crippen LogP contribution in [0.15, 0.2) is 59.1 Å². The smallest absolute Gasteiger partial charge is 0.255 e. The number of likely N-dealkylation sites (N-methyl/N-ethyl adjacent to an activating group) is 1.